The van der Waals surface area contributed by atoms with E-state index in [0.29, 0.717) is 37.7 Å². The number of benzene rings is 1. The molecule has 0 unspecified atom stereocenters. The highest BCUT2D eigenvalue weighted by Crippen LogP contribution is 2.16. The smallest absolute Gasteiger partial charge is 0.407 e. The van der Waals surface area contributed by atoms with Gasteiger partial charge in [-0.1, -0.05) is 30.3 Å². The summed E-state index contributed by atoms with van der Waals surface area (Å²) in [6.45, 7) is 2.47. The molecule has 3 rings (SSSR count). The fourth-order valence-corrected chi connectivity index (χ4v) is 3.14. The molecule has 1 saturated heterocycles. The van der Waals surface area contributed by atoms with E-state index in [0.717, 1.165) is 12.1 Å². The predicted octanol–water partition coefficient (Wildman–Crippen LogP) is 2.11. The zero-order valence-electron chi connectivity index (χ0n) is 15.7. The van der Waals surface area contributed by atoms with E-state index in [1.807, 2.05) is 18.2 Å². The van der Waals surface area contributed by atoms with Crippen molar-refractivity contribution in [3.63, 3.8) is 0 Å². The molecule has 8 heteroatoms. The Kier molecular flexibility index (Phi) is 6.44. The largest absolute Gasteiger partial charge is 0.476 e. The summed E-state index contributed by atoms with van der Waals surface area (Å²) >= 11 is 0. The lowest BCUT2D eigenvalue weighted by atomic mass is 10.1. The van der Waals surface area contributed by atoms with Gasteiger partial charge in [-0.3, -0.25) is 4.90 Å². The van der Waals surface area contributed by atoms with E-state index >= 15 is 0 Å². The van der Waals surface area contributed by atoms with Gasteiger partial charge in [0.2, 0.25) is 5.88 Å². The normalized spacial score (nSPS) is 17.2. The van der Waals surface area contributed by atoms with Gasteiger partial charge in [-0.2, -0.15) is 0 Å². The molecule has 0 aliphatic carbocycles. The number of rotatable bonds is 6. The van der Waals surface area contributed by atoms with E-state index in [4.69, 9.17) is 4.74 Å². The van der Waals surface area contributed by atoms with E-state index in [-0.39, 0.29) is 6.04 Å². The molecule has 1 amide bonds. The van der Waals surface area contributed by atoms with Gasteiger partial charge in [0.25, 0.3) is 0 Å². The average molecular weight is 385 g/mol. The Labute approximate surface area is 163 Å². The lowest BCUT2D eigenvalue weighted by Gasteiger charge is -2.40. The number of nitrogens with zero attached hydrogens (tertiary/aromatic N) is 3. The van der Waals surface area contributed by atoms with Crippen LogP contribution in [0.3, 0.4) is 0 Å². The maximum Gasteiger partial charge on any atom is 0.407 e. The third kappa shape index (κ3) is 4.98. The Bertz CT molecular complexity index is 797. The molecule has 2 aromatic rings. The van der Waals surface area contributed by atoms with Crippen LogP contribution in [0.2, 0.25) is 0 Å². The standard InChI is InChI=1S/C20H23N3O5/c1-27-19(24)16-7-8-18(21-11-16)28-14-17-13-23(20(25)26)10-9-22(17)12-15-5-3-2-4-6-15/h2-8,11,17H,9-10,12-14H2,1H3,(H,25,26)/t17-/m0/s1. The number of aromatic nitrogens is 1. The minimum Gasteiger partial charge on any atom is -0.476 e. The van der Waals surface area contributed by atoms with Gasteiger partial charge in [0.1, 0.15) is 6.61 Å². The third-order valence-corrected chi connectivity index (χ3v) is 4.68. The Hall–Kier alpha value is -3.13. The number of piperazine rings is 1. The summed E-state index contributed by atoms with van der Waals surface area (Å²) in [5.74, 6) is -0.0859. The van der Waals surface area contributed by atoms with Crippen LogP contribution in [0.1, 0.15) is 15.9 Å². The number of carbonyl (C=O) groups is 2. The third-order valence-electron chi connectivity index (χ3n) is 4.68. The summed E-state index contributed by atoms with van der Waals surface area (Å²) in [4.78, 5) is 30.6. The van der Waals surface area contributed by atoms with Crippen molar-refractivity contribution < 1.29 is 24.2 Å². The first-order chi connectivity index (χ1) is 13.6. The molecule has 2 heterocycles. The van der Waals surface area contributed by atoms with Crippen LogP contribution in [-0.2, 0) is 11.3 Å². The fourth-order valence-electron chi connectivity index (χ4n) is 3.14. The maximum atomic E-state index is 11.5. The minimum atomic E-state index is -0.926. The molecule has 28 heavy (non-hydrogen) atoms. The highest BCUT2D eigenvalue weighted by atomic mass is 16.5. The lowest BCUT2D eigenvalue weighted by Crippen LogP contribution is -2.56. The van der Waals surface area contributed by atoms with Gasteiger partial charge in [-0.05, 0) is 11.6 Å². The van der Waals surface area contributed by atoms with Crippen LogP contribution in [0.15, 0.2) is 48.7 Å². The summed E-state index contributed by atoms with van der Waals surface area (Å²) in [5.41, 5.74) is 1.51. The first-order valence-electron chi connectivity index (χ1n) is 9.00. The van der Waals surface area contributed by atoms with E-state index in [2.05, 4.69) is 26.8 Å². The SMILES string of the molecule is COC(=O)c1ccc(OC[C@@H]2CN(C(=O)O)CCN2Cc2ccccc2)nc1. The minimum absolute atomic E-state index is 0.105. The summed E-state index contributed by atoms with van der Waals surface area (Å²) in [6, 6.07) is 13.1. The van der Waals surface area contributed by atoms with Crippen LogP contribution >= 0.6 is 0 Å². The van der Waals surface area contributed by atoms with E-state index in [1.165, 1.54) is 18.2 Å². The summed E-state index contributed by atoms with van der Waals surface area (Å²) in [5, 5.41) is 9.33. The van der Waals surface area contributed by atoms with E-state index < -0.39 is 12.1 Å². The van der Waals surface area contributed by atoms with Gasteiger partial charge in [0, 0.05) is 38.4 Å². The van der Waals surface area contributed by atoms with Crippen molar-refractivity contribution in [2.75, 3.05) is 33.4 Å². The summed E-state index contributed by atoms with van der Waals surface area (Å²) in [7, 11) is 1.31. The number of carboxylic acid groups (broad SMARTS) is 1. The highest BCUT2D eigenvalue weighted by Gasteiger charge is 2.30. The molecule has 0 radical (unpaired) electrons. The summed E-state index contributed by atoms with van der Waals surface area (Å²) < 4.78 is 10.4. The van der Waals surface area contributed by atoms with Crippen molar-refractivity contribution in [2.45, 2.75) is 12.6 Å². The van der Waals surface area contributed by atoms with Gasteiger partial charge < -0.3 is 19.5 Å². The molecule has 148 valence electrons. The lowest BCUT2D eigenvalue weighted by molar-refractivity contribution is 0.0412. The Morgan fingerprint density at radius 2 is 1.96 bits per heavy atom. The molecule has 1 aromatic heterocycles. The molecular weight excluding hydrogens is 362 g/mol. The van der Waals surface area contributed by atoms with Crippen molar-refractivity contribution in [3.8, 4) is 5.88 Å². The van der Waals surface area contributed by atoms with E-state index in [1.54, 1.807) is 12.1 Å². The van der Waals surface area contributed by atoms with E-state index in [9.17, 15) is 14.7 Å². The number of pyridine rings is 1. The molecule has 0 bridgehead atoms. The van der Waals surface area contributed by atoms with Crippen LogP contribution in [0, 0.1) is 0 Å². The zero-order chi connectivity index (χ0) is 19.9. The van der Waals surface area contributed by atoms with Gasteiger partial charge in [-0.15, -0.1) is 0 Å². The molecule has 0 spiro atoms. The van der Waals surface area contributed by atoms with Gasteiger partial charge in [0.05, 0.1) is 18.7 Å². The first kappa shape index (κ1) is 19.6. The van der Waals surface area contributed by atoms with Crippen LogP contribution < -0.4 is 4.74 Å². The highest BCUT2D eigenvalue weighted by molar-refractivity contribution is 5.88. The number of carbonyl (C=O) groups excluding carboxylic acids is 1. The molecule has 1 aliphatic rings. The maximum absolute atomic E-state index is 11.5. The van der Waals surface area contributed by atoms with Crippen LogP contribution in [-0.4, -0.2) is 71.3 Å². The Morgan fingerprint density at radius 1 is 1.18 bits per heavy atom. The Balaban J connectivity index is 1.65. The number of esters is 1. The molecule has 1 aromatic carbocycles. The predicted molar refractivity (Wildman–Crippen MR) is 101 cm³/mol. The average Bonchev–Trinajstić information content (AvgIpc) is 2.73. The van der Waals surface area contributed by atoms with Crippen LogP contribution in [0.5, 0.6) is 5.88 Å². The monoisotopic (exact) mass is 385 g/mol. The number of hydrogen-bond donors (Lipinski definition) is 1. The Morgan fingerprint density at radius 3 is 2.61 bits per heavy atom. The second-order valence-corrected chi connectivity index (χ2v) is 6.53. The second-order valence-electron chi connectivity index (χ2n) is 6.53. The molecule has 1 fully saturated rings. The van der Waals surface area contributed by atoms with Crippen molar-refractivity contribution in [2.24, 2.45) is 0 Å². The number of methoxy groups -OCH3 is 1. The van der Waals surface area contributed by atoms with Crippen molar-refractivity contribution >= 4 is 12.1 Å². The molecule has 8 nitrogen and oxygen atoms in total. The summed E-state index contributed by atoms with van der Waals surface area (Å²) in [6.07, 6.45) is 0.470. The van der Waals surface area contributed by atoms with Gasteiger partial charge in [-0.25, -0.2) is 14.6 Å². The molecule has 1 atom stereocenters. The number of hydrogen-bond acceptors (Lipinski definition) is 6. The molecule has 0 saturated carbocycles. The molecule has 1 N–H and O–H groups in total. The molecular formula is C20H23N3O5. The topological polar surface area (TPSA) is 92.2 Å². The molecule has 1 aliphatic heterocycles. The van der Waals surface area contributed by atoms with Gasteiger partial charge >= 0.3 is 12.1 Å². The van der Waals surface area contributed by atoms with Crippen molar-refractivity contribution in [1.29, 1.82) is 0 Å². The van der Waals surface area contributed by atoms with Gasteiger partial charge in [0.15, 0.2) is 0 Å². The quantitative estimate of drug-likeness (QED) is 0.762. The zero-order valence-corrected chi connectivity index (χ0v) is 15.7. The van der Waals surface area contributed by atoms with Crippen molar-refractivity contribution in [1.82, 2.24) is 14.8 Å². The number of ether oxygens (including phenoxy) is 2. The first-order valence-corrected chi connectivity index (χ1v) is 9.00. The van der Waals surface area contributed by atoms with Crippen LogP contribution in [0.4, 0.5) is 4.79 Å². The fraction of sp³-hybridized carbons (Fsp3) is 0.350. The second kappa shape index (κ2) is 9.18. The van der Waals surface area contributed by atoms with Crippen LogP contribution in [0.25, 0.3) is 0 Å². The van der Waals surface area contributed by atoms with Crippen molar-refractivity contribution in [3.05, 3.63) is 59.8 Å². The number of amides is 1.